The van der Waals surface area contributed by atoms with E-state index in [9.17, 15) is 13.2 Å². The molecule has 0 aromatic heterocycles. The molecule has 0 spiro atoms. The van der Waals surface area contributed by atoms with Crippen molar-refractivity contribution in [1.82, 2.24) is 9.21 Å². The fraction of sp³-hybridized carbons (Fsp3) is 0.562. The summed E-state index contributed by atoms with van der Waals surface area (Å²) in [6.45, 7) is 2.98. The quantitative estimate of drug-likeness (QED) is 0.815. The van der Waals surface area contributed by atoms with Gasteiger partial charge in [0.25, 0.3) is 5.91 Å². The number of likely N-dealkylation sites (N-methyl/N-ethyl adjacent to an activating group) is 1. The van der Waals surface area contributed by atoms with Gasteiger partial charge in [-0.3, -0.25) is 4.79 Å². The lowest BCUT2D eigenvalue weighted by atomic mass is 10.1. The Bertz CT molecular complexity index is 679. The summed E-state index contributed by atoms with van der Waals surface area (Å²) < 4.78 is 31.4. The molecular weight excluding hydrogens is 316 g/mol. The lowest BCUT2D eigenvalue weighted by Crippen LogP contribution is -2.34. The van der Waals surface area contributed by atoms with Crippen LogP contribution in [0.1, 0.15) is 28.8 Å². The maximum atomic E-state index is 12.6. The first kappa shape index (κ1) is 17.9. The molecule has 2 rings (SSSR count). The van der Waals surface area contributed by atoms with Crippen LogP contribution in [0.25, 0.3) is 0 Å². The molecule has 0 bridgehead atoms. The zero-order valence-corrected chi connectivity index (χ0v) is 14.9. The normalized spacial score (nSPS) is 18.4. The first-order valence-corrected chi connectivity index (χ1v) is 9.07. The van der Waals surface area contributed by atoms with Gasteiger partial charge in [0.1, 0.15) is 0 Å². The summed E-state index contributed by atoms with van der Waals surface area (Å²) in [5.74, 6) is -0.198. The summed E-state index contributed by atoms with van der Waals surface area (Å²) in [7, 11) is 1.10. The maximum Gasteiger partial charge on any atom is 0.253 e. The van der Waals surface area contributed by atoms with Crippen molar-refractivity contribution in [3.05, 3.63) is 29.3 Å². The molecule has 0 radical (unpaired) electrons. The van der Waals surface area contributed by atoms with Crippen LogP contribution in [0.4, 0.5) is 0 Å². The molecule has 1 atom stereocenters. The van der Waals surface area contributed by atoms with E-state index in [2.05, 4.69) is 0 Å². The average Bonchev–Trinajstić information content (AvgIpc) is 2.99. The number of ether oxygens (including phenoxy) is 1. The standard InChI is InChI=1S/C16H24N2O4S/c1-12-7-8-13(10-15(12)23(20,21)17(2)3)16(19)18(4)11-14-6-5-9-22-14/h7-8,10,14H,5-6,9,11H2,1-4H3. The molecule has 1 fully saturated rings. The lowest BCUT2D eigenvalue weighted by molar-refractivity contribution is 0.0587. The number of hydrogen-bond acceptors (Lipinski definition) is 4. The molecule has 1 aliphatic rings. The Kier molecular flexibility index (Phi) is 5.44. The summed E-state index contributed by atoms with van der Waals surface area (Å²) in [5, 5.41) is 0. The van der Waals surface area contributed by atoms with E-state index in [1.165, 1.54) is 20.2 Å². The Hall–Kier alpha value is -1.44. The largest absolute Gasteiger partial charge is 0.376 e. The molecule has 7 heteroatoms. The van der Waals surface area contributed by atoms with Gasteiger partial charge in [0.15, 0.2) is 0 Å². The molecule has 0 saturated carbocycles. The molecule has 0 N–H and O–H groups in total. The van der Waals surface area contributed by atoms with Crippen molar-refractivity contribution >= 4 is 15.9 Å². The minimum Gasteiger partial charge on any atom is -0.376 e. The van der Waals surface area contributed by atoms with Crippen molar-refractivity contribution in [1.29, 1.82) is 0 Å². The molecule has 1 aromatic rings. The number of benzene rings is 1. The van der Waals surface area contributed by atoms with E-state index in [1.54, 1.807) is 31.0 Å². The highest BCUT2D eigenvalue weighted by Gasteiger charge is 2.24. The average molecular weight is 340 g/mol. The highest BCUT2D eigenvalue weighted by molar-refractivity contribution is 7.89. The highest BCUT2D eigenvalue weighted by atomic mass is 32.2. The molecule has 6 nitrogen and oxygen atoms in total. The summed E-state index contributed by atoms with van der Waals surface area (Å²) in [5.41, 5.74) is 0.994. The molecule has 0 aliphatic carbocycles. The third-order valence-electron chi connectivity index (χ3n) is 4.04. The number of amides is 1. The van der Waals surface area contributed by atoms with Crippen LogP contribution in [0.15, 0.2) is 23.1 Å². The molecule has 1 amide bonds. The second-order valence-corrected chi connectivity index (χ2v) is 8.21. The van der Waals surface area contributed by atoms with Gasteiger partial charge in [0.2, 0.25) is 10.0 Å². The van der Waals surface area contributed by atoms with E-state index >= 15 is 0 Å². The topological polar surface area (TPSA) is 66.9 Å². The fourth-order valence-electron chi connectivity index (χ4n) is 2.60. The van der Waals surface area contributed by atoms with Gasteiger partial charge in [-0.15, -0.1) is 0 Å². The van der Waals surface area contributed by atoms with Gasteiger partial charge in [0.05, 0.1) is 11.0 Å². The van der Waals surface area contributed by atoms with Crippen LogP contribution in [0, 0.1) is 6.92 Å². The third kappa shape index (κ3) is 3.91. The molecule has 1 aromatic carbocycles. The van der Waals surface area contributed by atoms with Gasteiger partial charge in [-0.1, -0.05) is 6.07 Å². The summed E-state index contributed by atoms with van der Waals surface area (Å²) in [4.78, 5) is 14.3. The van der Waals surface area contributed by atoms with Gasteiger partial charge in [-0.25, -0.2) is 12.7 Å². The number of hydrogen-bond donors (Lipinski definition) is 0. The molecule has 1 unspecified atom stereocenters. The number of carbonyl (C=O) groups excluding carboxylic acids is 1. The van der Waals surface area contributed by atoms with Gasteiger partial charge in [-0.2, -0.15) is 0 Å². The Balaban J connectivity index is 2.24. The number of aryl methyl sites for hydroxylation is 1. The molecule has 1 aliphatic heterocycles. The van der Waals surface area contributed by atoms with E-state index in [4.69, 9.17) is 4.74 Å². The van der Waals surface area contributed by atoms with E-state index in [1.807, 2.05) is 0 Å². The monoisotopic (exact) mass is 340 g/mol. The van der Waals surface area contributed by atoms with Crippen LogP contribution in [-0.2, 0) is 14.8 Å². The smallest absolute Gasteiger partial charge is 0.253 e. The molecule has 1 saturated heterocycles. The van der Waals surface area contributed by atoms with Crippen LogP contribution < -0.4 is 0 Å². The second kappa shape index (κ2) is 6.98. The highest BCUT2D eigenvalue weighted by Crippen LogP contribution is 2.21. The molecular formula is C16H24N2O4S. The fourth-order valence-corrected chi connectivity index (χ4v) is 3.75. The minimum atomic E-state index is -3.57. The van der Waals surface area contributed by atoms with Gasteiger partial charge in [-0.05, 0) is 37.5 Å². The number of carbonyl (C=O) groups is 1. The van der Waals surface area contributed by atoms with Crippen LogP contribution in [0.2, 0.25) is 0 Å². The number of sulfonamides is 1. The van der Waals surface area contributed by atoms with Crippen molar-refractivity contribution in [3.8, 4) is 0 Å². The SMILES string of the molecule is Cc1ccc(C(=O)N(C)CC2CCCO2)cc1S(=O)(=O)N(C)C. The Labute approximate surface area is 138 Å². The molecule has 23 heavy (non-hydrogen) atoms. The van der Waals surface area contributed by atoms with Crippen LogP contribution in [0.5, 0.6) is 0 Å². The van der Waals surface area contributed by atoms with Crippen molar-refractivity contribution in [3.63, 3.8) is 0 Å². The van der Waals surface area contributed by atoms with E-state index in [0.29, 0.717) is 17.7 Å². The van der Waals surface area contributed by atoms with Gasteiger partial charge >= 0.3 is 0 Å². The number of rotatable bonds is 5. The summed E-state index contributed by atoms with van der Waals surface area (Å²) in [6.07, 6.45) is 2.04. The summed E-state index contributed by atoms with van der Waals surface area (Å²) in [6, 6.07) is 4.79. The van der Waals surface area contributed by atoms with Crippen molar-refractivity contribution in [2.75, 3.05) is 34.3 Å². The van der Waals surface area contributed by atoms with Crippen LogP contribution in [-0.4, -0.2) is 63.9 Å². The number of nitrogens with zero attached hydrogens (tertiary/aromatic N) is 2. The van der Waals surface area contributed by atoms with E-state index in [0.717, 1.165) is 23.8 Å². The first-order valence-electron chi connectivity index (χ1n) is 7.63. The van der Waals surface area contributed by atoms with E-state index < -0.39 is 10.0 Å². The predicted octanol–water partition coefficient (Wildman–Crippen LogP) is 1.50. The van der Waals surface area contributed by atoms with Crippen LogP contribution in [0.3, 0.4) is 0 Å². The van der Waals surface area contributed by atoms with Gasteiger partial charge in [0, 0.05) is 39.9 Å². The Morgan fingerprint density at radius 2 is 2.00 bits per heavy atom. The van der Waals surface area contributed by atoms with Crippen molar-refractivity contribution in [2.45, 2.75) is 30.8 Å². The van der Waals surface area contributed by atoms with Gasteiger partial charge < -0.3 is 9.64 Å². The molecule has 128 valence electrons. The molecule has 1 heterocycles. The minimum absolute atomic E-state index is 0.0689. The third-order valence-corrected chi connectivity index (χ3v) is 6.00. The zero-order chi connectivity index (χ0) is 17.2. The zero-order valence-electron chi connectivity index (χ0n) is 14.1. The van der Waals surface area contributed by atoms with Crippen LogP contribution >= 0.6 is 0 Å². The van der Waals surface area contributed by atoms with Crippen molar-refractivity contribution in [2.24, 2.45) is 0 Å². The lowest BCUT2D eigenvalue weighted by Gasteiger charge is -2.21. The second-order valence-electron chi connectivity index (χ2n) is 6.09. The predicted molar refractivity (Wildman–Crippen MR) is 88.0 cm³/mol. The maximum absolute atomic E-state index is 12.6. The van der Waals surface area contributed by atoms with Crippen molar-refractivity contribution < 1.29 is 17.9 Å². The first-order chi connectivity index (χ1) is 10.7. The Morgan fingerprint density at radius 1 is 1.30 bits per heavy atom. The Morgan fingerprint density at radius 3 is 2.57 bits per heavy atom. The summed E-state index contributed by atoms with van der Waals surface area (Å²) >= 11 is 0. The van der Waals surface area contributed by atoms with E-state index in [-0.39, 0.29) is 16.9 Å².